The topological polar surface area (TPSA) is 78.9 Å². The Kier molecular flexibility index (Phi) is 61.8. The predicted octanol–water partition coefficient (Wildman–Crippen LogP) is 22.4. The molecule has 78 heavy (non-hydrogen) atoms. The van der Waals surface area contributed by atoms with Crippen LogP contribution in [0.3, 0.4) is 0 Å². The van der Waals surface area contributed by atoms with Gasteiger partial charge in [0, 0.05) is 19.3 Å². The van der Waals surface area contributed by atoms with Gasteiger partial charge >= 0.3 is 17.9 Å². The largest absolute Gasteiger partial charge is 0.462 e. The molecule has 6 nitrogen and oxygen atoms in total. The molecule has 1 atom stereocenters. The highest BCUT2D eigenvalue weighted by Crippen LogP contribution is 2.16. The maximum Gasteiger partial charge on any atom is 0.306 e. The van der Waals surface area contributed by atoms with E-state index in [9.17, 15) is 14.4 Å². The van der Waals surface area contributed by atoms with Gasteiger partial charge in [0.05, 0.1) is 0 Å². The van der Waals surface area contributed by atoms with Crippen LogP contribution in [0.1, 0.15) is 297 Å². The first-order valence-corrected chi connectivity index (χ1v) is 32.5. The van der Waals surface area contributed by atoms with Crippen molar-refractivity contribution in [1.82, 2.24) is 0 Å². The van der Waals surface area contributed by atoms with E-state index in [1.165, 1.54) is 103 Å². The van der Waals surface area contributed by atoms with Crippen LogP contribution in [0.2, 0.25) is 0 Å². The number of rotatable bonds is 58. The van der Waals surface area contributed by atoms with Crippen LogP contribution in [0.4, 0.5) is 0 Å². The zero-order valence-corrected chi connectivity index (χ0v) is 50.9. The van der Waals surface area contributed by atoms with E-state index in [-0.39, 0.29) is 31.1 Å². The van der Waals surface area contributed by atoms with E-state index in [0.717, 1.165) is 154 Å². The summed E-state index contributed by atoms with van der Waals surface area (Å²) in [4.78, 5) is 38.2. The summed E-state index contributed by atoms with van der Waals surface area (Å²) in [6, 6.07) is 0. The molecule has 0 N–H and O–H groups in total. The summed E-state index contributed by atoms with van der Waals surface area (Å²) in [6.45, 7) is 6.34. The molecule has 0 radical (unpaired) electrons. The Morgan fingerprint density at radius 2 is 0.500 bits per heavy atom. The van der Waals surface area contributed by atoms with Gasteiger partial charge in [-0.05, 0) is 122 Å². The van der Waals surface area contributed by atoms with Gasteiger partial charge in [-0.15, -0.1) is 0 Å². The third-order valence-electron chi connectivity index (χ3n) is 13.7. The van der Waals surface area contributed by atoms with Crippen LogP contribution in [0.15, 0.2) is 122 Å². The number of allylic oxidation sites excluding steroid dienone is 20. The number of hydrogen-bond donors (Lipinski definition) is 0. The van der Waals surface area contributed by atoms with Gasteiger partial charge in [0.2, 0.25) is 0 Å². The minimum atomic E-state index is -0.791. The summed E-state index contributed by atoms with van der Waals surface area (Å²) in [5.74, 6) is -0.911. The van der Waals surface area contributed by atoms with E-state index in [2.05, 4.69) is 142 Å². The molecule has 6 heteroatoms. The lowest BCUT2D eigenvalue weighted by atomic mass is 10.0. The number of carbonyl (C=O) groups is 3. The van der Waals surface area contributed by atoms with E-state index in [1.54, 1.807) is 0 Å². The summed E-state index contributed by atoms with van der Waals surface area (Å²) in [5.41, 5.74) is 0. The molecule has 0 aliphatic rings. The number of carbonyl (C=O) groups excluding carboxylic acids is 3. The zero-order chi connectivity index (χ0) is 56.4. The van der Waals surface area contributed by atoms with E-state index >= 15 is 0 Å². The highest BCUT2D eigenvalue weighted by molar-refractivity contribution is 5.71. The first kappa shape index (κ1) is 73.8. The maximum atomic E-state index is 12.8. The molecule has 0 heterocycles. The molecule has 0 fully saturated rings. The summed E-state index contributed by atoms with van der Waals surface area (Å²) in [6.07, 6.45) is 90.9. The monoisotopic (exact) mass is 1080 g/mol. The zero-order valence-electron chi connectivity index (χ0n) is 50.9. The fraction of sp³-hybridized carbons (Fsp3) is 0.681. The highest BCUT2D eigenvalue weighted by atomic mass is 16.6. The van der Waals surface area contributed by atoms with E-state index in [1.807, 2.05) is 0 Å². The SMILES string of the molecule is CC/C=C\C/C=C\C/C=C\C/C=C\C/C=C\C/C=C\CCCCCCCCCCCCCCCCCCC(=O)OCC(COC(=O)CCCCCCC/C=C\CCC)OC(=O)CCCCCCC/C=C\C/C=C\C/C=C\CC. The minimum absolute atomic E-state index is 0.0872. The average molecular weight is 1080 g/mol. The Bertz CT molecular complexity index is 1620. The lowest BCUT2D eigenvalue weighted by Gasteiger charge is -2.18. The van der Waals surface area contributed by atoms with Crippen LogP contribution in [-0.2, 0) is 28.6 Å². The molecule has 0 rings (SSSR count). The van der Waals surface area contributed by atoms with Gasteiger partial charge < -0.3 is 14.2 Å². The molecule has 0 aliphatic carbocycles. The standard InChI is InChI=1S/C72H120O6/c1-4-7-10-13-16-19-22-24-26-27-28-29-30-31-32-33-34-35-36-37-38-39-40-41-42-43-44-45-47-48-50-53-56-59-62-65-71(74)77-68-69(67-76-70(73)64-61-58-55-52-21-18-15-12-9-6-3)78-72(75)66-63-60-57-54-51-49-46-25-23-20-17-14-11-8-5-2/h7-8,10-12,15-17,19-20,24-26,28-29,31-32,34-35,46,69H,4-6,9,13-14,18,21-23,27,30,33,36-45,47-68H2,1-3H3/b10-7-,11-8-,15-12-,19-16-,20-17-,26-24-,29-28-,32-31-,35-34-,46-25-. The summed E-state index contributed by atoms with van der Waals surface area (Å²) < 4.78 is 16.8. The molecule has 0 aliphatic heterocycles. The van der Waals surface area contributed by atoms with Crippen LogP contribution in [0, 0.1) is 0 Å². The molecule has 0 amide bonds. The van der Waals surface area contributed by atoms with Gasteiger partial charge in [0.1, 0.15) is 13.2 Å². The molecule has 0 spiro atoms. The average Bonchev–Trinajstić information content (AvgIpc) is 3.44. The Balaban J connectivity index is 4.10. The number of hydrogen-bond acceptors (Lipinski definition) is 6. The van der Waals surface area contributed by atoms with Crippen molar-refractivity contribution in [1.29, 1.82) is 0 Å². The van der Waals surface area contributed by atoms with Crippen LogP contribution >= 0.6 is 0 Å². The summed E-state index contributed by atoms with van der Waals surface area (Å²) in [5, 5.41) is 0. The summed E-state index contributed by atoms with van der Waals surface area (Å²) in [7, 11) is 0. The van der Waals surface area contributed by atoms with Crippen molar-refractivity contribution in [2.24, 2.45) is 0 Å². The lowest BCUT2D eigenvalue weighted by molar-refractivity contribution is -0.167. The van der Waals surface area contributed by atoms with Crippen LogP contribution < -0.4 is 0 Å². The van der Waals surface area contributed by atoms with Crippen LogP contribution in [0.5, 0.6) is 0 Å². The second-order valence-corrected chi connectivity index (χ2v) is 21.3. The molecule has 0 bridgehead atoms. The predicted molar refractivity (Wildman–Crippen MR) is 339 cm³/mol. The van der Waals surface area contributed by atoms with Crippen molar-refractivity contribution in [3.8, 4) is 0 Å². The molecule has 1 unspecified atom stereocenters. The molecule has 0 aromatic heterocycles. The van der Waals surface area contributed by atoms with Gasteiger partial charge in [-0.3, -0.25) is 14.4 Å². The quantitative estimate of drug-likeness (QED) is 0.0261. The number of esters is 3. The smallest absolute Gasteiger partial charge is 0.306 e. The summed E-state index contributed by atoms with van der Waals surface area (Å²) >= 11 is 0. The van der Waals surface area contributed by atoms with E-state index in [4.69, 9.17) is 14.2 Å². The molecule has 0 aromatic carbocycles. The van der Waals surface area contributed by atoms with Crippen molar-refractivity contribution in [3.63, 3.8) is 0 Å². The molecular formula is C72H120O6. The maximum absolute atomic E-state index is 12.8. The third-order valence-corrected chi connectivity index (χ3v) is 13.7. The van der Waals surface area contributed by atoms with Gasteiger partial charge in [0.15, 0.2) is 6.10 Å². The van der Waals surface area contributed by atoms with Crippen molar-refractivity contribution in [2.75, 3.05) is 13.2 Å². The Hall–Kier alpha value is -4.19. The first-order chi connectivity index (χ1) is 38.5. The minimum Gasteiger partial charge on any atom is -0.462 e. The van der Waals surface area contributed by atoms with Gasteiger partial charge in [-0.1, -0.05) is 277 Å². The molecule has 444 valence electrons. The lowest BCUT2D eigenvalue weighted by Crippen LogP contribution is -2.30. The van der Waals surface area contributed by atoms with E-state index in [0.29, 0.717) is 19.3 Å². The first-order valence-electron chi connectivity index (χ1n) is 32.5. The third kappa shape index (κ3) is 62.7. The van der Waals surface area contributed by atoms with Crippen molar-refractivity contribution < 1.29 is 28.6 Å². The second kappa shape index (κ2) is 65.3. The highest BCUT2D eigenvalue weighted by Gasteiger charge is 2.19. The fourth-order valence-corrected chi connectivity index (χ4v) is 8.88. The van der Waals surface area contributed by atoms with Crippen molar-refractivity contribution >= 4 is 17.9 Å². The second-order valence-electron chi connectivity index (χ2n) is 21.3. The van der Waals surface area contributed by atoms with Gasteiger partial charge in [-0.2, -0.15) is 0 Å². The van der Waals surface area contributed by atoms with Crippen molar-refractivity contribution in [2.45, 2.75) is 303 Å². The number of unbranched alkanes of at least 4 members (excludes halogenated alkanes) is 27. The van der Waals surface area contributed by atoms with Gasteiger partial charge in [0.25, 0.3) is 0 Å². The Morgan fingerprint density at radius 3 is 0.795 bits per heavy atom. The molecule has 0 saturated carbocycles. The number of ether oxygens (including phenoxy) is 3. The normalized spacial score (nSPS) is 12.9. The van der Waals surface area contributed by atoms with Crippen LogP contribution in [-0.4, -0.2) is 37.2 Å². The van der Waals surface area contributed by atoms with E-state index < -0.39 is 6.10 Å². The van der Waals surface area contributed by atoms with Crippen LogP contribution in [0.25, 0.3) is 0 Å². The Morgan fingerprint density at radius 1 is 0.269 bits per heavy atom. The molecule has 0 aromatic rings. The Labute approximate surface area is 482 Å². The molecular weight excluding hydrogens is 961 g/mol. The van der Waals surface area contributed by atoms with Gasteiger partial charge in [-0.25, -0.2) is 0 Å². The van der Waals surface area contributed by atoms with Crippen molar-refractivity contribution in [3.05, 3.63) is 122 Å². The molecule has 0 saturated heterocycles. The fourth-order valence-electron chi connectivity index (χ4n) is 8.88.